The maximum absolute atomic E-state index is 5.54. The summed E-state index contributed by atoms with van der Waals surface area (Å²) >= 11 is 0. The molecule has 1 aliphatic carbocycles. The Labute approximate surface area is 131 Å². The molecular weight excluding hydrogens is 280 g/mol. The fourth-order valence-electron chi connectivity index (χ4n) is 2.53. The van der Waals surface area contributed by atoms with Crippen LogP contribution in [0.25, 0.3) is 6.08 Å². The number of hydrogen-bond acceptors (Lipinski definition) is 4. The molecule has 0 amide bonds. The van der Waals surface area contributed by atoms with E-state index in [1.807, 2.05) is 54.6 Å². The number of allylic oxidation sites excluding steroid dienone is 3. The SMILES string of the molecule is COC1=CC(/C=C/c2ccccc2)=CC(OC)C1(OC)OC. The van der Waals surface area contributed by atoms with Crippen molar-refractivity contribution in [1.29, 1.82) is 0 Å². The van der Waals surface area contributed by atoms with Gasteiger partial charge in [-0.3, -0.25) is 0 Å². The minimum atomic E-state index is -1.06. The Balaban J connectivity index is 2.32. The van der Waals surface area contributed by atoms with Crippen molar-refractivity contribution in [2.45, 2.75) is 11.9 Å². The first-order valence-electron chi connectivity index (χ1n) is 7.04. The first kappa shape index (κ1) is 16.5. The van der Waals surface area contributed by atoms with E-state index in [1.54, 1.807) is 28.4 Å². The largest absolute Gasteiger partial charge is 0.495 e. The molecule has 1 aliphatic rings. The van der Waals surface area contributed by atoms with Gasteiger partial charge in [0.05, 0.1) is 7.11 Å². The van der Waals surface area contributed by atoms with Crippen molar-refractivity contribution in [2.75, 3.05) is 28.4 Å². The summed E-state index contributed by atoms with van der Waals surface area (Å²) < 4.78 is 22.1. The first-order valence-corrected chi connectivity index (χ1v) is 7.04. The van der Waals surface area contributed by atoms with Crippen molar-refractivity contribution < 1.29 is 18.9 Å². The Morgan fingerprint density at radius 1 is 0.955 bits per heavy atom. The first-order chi connectivity index (χ1) is 10.7. The molecule has 0 N–H and O–H groups in total. The Morgan fingerprint density at radius 3 is 2.18 bits per heavy atom. The second kappa shape index (κ2) is 7.40. The van der Waals surface area contributed by atoms with Gasteiger partial charge in [0.25, 0.3) is 5.79 Å². The standard InChI is InChI=1S/C18H22O4/c1-19-16-12-15(11-10-14-8-6-5-7-9-14)13-17(20-2)18(16,21-3)22-4/h5-13,16H,1-4H3/b11-10+. The Hall–Kier alpha value is -1.88. The van der Waals surface area contributed by atoms with Crippen LogP contribution in [0.4, 0.5) is 0 Å². The van der Waals surface area contributed by atoms with Crippen LogP contribution in [-0.4, -0.2) is 40.3 Å². The third-order valence-corrected chi connectivity index (χ3v) is 3.71. The molecule has 1 unspecified atom stereocenters. The van der Waals surface area contributed by atoms with Crippen LogP contribution in [0.5, 0.6) is 0 Å². The minimum Gasteiger partial charge on any atom is -0.495 e. The maximum atomic E-state index is 5.54. The second-order valence-electron chi connectivity index (χ2n) is 4.86. The zero-order chi connectivity index (χ0) is 16.0. The molecule has 4 nitrogen and oxygen atoms in total. The molecule has 0 heterocycles. The Bertz CT molecular complexity index is 568. The third kappa shape index (κ3) is 3.14. The molecule has 0 saturated carbocycles. The molecule has 0 bridgehead atoms. The van der Waals surface area contributed by atoms with E-state index in [9.17, 15) is 0 Å². The average molecular weight is 302 g/mol. The van der Waals surface area contributed by atoms with Crippen molar-refractivity contribution in [3.05, 3.63) is 65.5 Å². The molecule has 1 aromatic carbocycles. The van der Waals surface area contributed by atoms with E-state index in [1.165, 1.54) is 0 Å². The van der Waals surface area contributed by atoms with Gasteiger partial charge in [0.15, 0.2) is 5.76 Å². The zero-order valence-electron chi connectivity index (χ0n) is 13.4. The van der Waals surface area contributed by atoms with Crippen molar-refractivity contribution in [2.24, 2.45) is 0 Å². The lowest BCUT2D eigenvalue weighted by Gasteiger charge is -2.38. The molecule has 1 aromatic rings. The number of hydrogen-bond donors (Lipinski definition) is 0. The summed E-state index contributed by atoms with van der Waals surface area (Å²) in [5.74, 6) is -0.493. The van der Waals surface area contributed by atoms with Crippen LogP contribution in [0.15, 0.2) is 59.9 Å². The van der Waals surface area contributed by atoms with Gasteiger partial charge in [-0.15, -0.1) is 0 Å². The summed E-state index contributed by atoms with van der Waals surface area (Å²) in [6.45, 7) is 0. The summed E-state index contributed by atoms with van der Waals surface area (Å²) in [6.07, 6.45) is 7.49. The minimum absolute atomic E-state index is 0.405. The van der Waals surface area contributed by atoms with E-state index in [2.05, 4.69) is 0 Å². The van der Waals surface area contributed by atoms with Crippen LogP contribution >= 0.6 is 0 Å². The average Bonchev–Trinajstić information content (AvgIpc) is 2.59. The molecule has 0 aliphatic heterocycles. The van der Waals surface area contributed by atoms with Gasteiger partial charge in [0.2, 0.25) is 0 Å². The number of ether oxygens (including phenoxy) is 4. The van der Waals surface area contributed by atoms with Crippen molar-refractivity contribution in [3.8, 4) is 0 Å². The number of benzene rings is 1. The quantitative estimate of drug-likeness (QED) is 0.756. The predicted octanol–water partition coefficient (Wildman–Crippen LogP) is 3.17. The van der Waals surface area contributed by atoms with Gasteiger partial charge in [0, 0.05) is 21.3 Å². The highest BCUT2D eigenvalue weighted by Crippen LogP contribution is 2.35. The zero-order valence-corrected chi connectivity index (χ0v) is 13.4. The van der Waals surface area contributed by atoms with Gasteiger partial charge in [-0.2, -0.15) is 0 Å². The van der Waals surface area contributed by atoms with Gasteiger partial charge in [-0.1, -0.05) is 42.5 Å². The van der Waals surface area contributed by atoms with Crippen LogP contribution in [0.1, 0.15) is 5.56 Å². The van der Waals surface area contributed by atoms with Gasteiger partial charge < -0.3 is 18.9 Å². The van der Waals surface area contributed by atoms with Gasteiger partial charge in [0.1, 0.15) is 6.10 Å². The summed E-state index contributed by atoms with van der Waals surface area (Å²) in [5, 5.41) is 0. The van der Waals surface area contributed by atoms with Gasteiger partial charge >= 0.3 is 0 Å². The van der Waals surface area contributed by atoms with Gasteiger partial charge in [-0.05, 0) is 23.3 Å². The van der Waals surface area contributed by atoms with Crippen LogP contribution < -0.4 is 0 Å². The topological polar surface area (TPSA) is 36.9 Å². The lowest BCUT2D eigenvalue weighted by Crippen LogP contribution is -2.49. The van der Waals surface area contributed by atoms with E-state index >= 15 is 0 Å². The van der Waals surface area contributed by atoms with E-state index in [0.29, 0.717) is 5.76 Å². The van der Waals surface area contributed by atoms with Gasteiger partial charge in [-0.25, -0.2) is 0 Å². The van der Waals surface area contributed by atoms with Crippen LogP contribution in [0.2, 0.25) is 0 Å². The highest BCUT2D eigenvalue weighted by atomic mass is 16.7. The fourth-order valence-corrected chi connectivity index (χ4v) is 2.53. The van der Waals surface area contributed by atoms with Crippen molar-refractivity contribution in [3.63, 3.8) is 0 Å². The maximum Gasteiger partial charge on any atom is 0.258 e. The molecule has 0 saturated heterocycles. The molecule has 2 rings (SSSR count). The molecule has 22 heavy (non-hydrogen) atoms. The van der Waals surface area contributed by atoms with E-state index in [0.717, 1.165) is 11.1 Å². The molecule has 4 heteroatoms. The molecule has 118 valence electrons. The molecule has 0 spiro atoms. The Kier molecular flexibility index (Phi) is 5.55. The molecule has 0 aromatic heterocycles. The monoisotopic (exact) mass is 302 g/mol. The summed E-state index contributed by atoms with van der Waals surface area (Å²) in [7, 11) is 6.35. The van der Waals surface area contributed by atoms with Crippen molar-refractivity contribution >= 4 is 6.08 Å². The highest BCUT2D eigenvalue weighted by molar-refractivity contribution is 5.56. The van der Waals surface area contributed by atoms with Crippen LogP contribution in [-0.2, 0) is 18.9 Å². The van der Waals surface area contributed by atoms with Crippen LogP contribution in [0.3, 0.4) is 0 Å². The molecule has 0 radical (unpaired) electrons. The molecular formula is C18H22O4. The highest BCUT2D eigenvalue weighted by Gasteiger charge is 2.46. The third-order valence-electron chi connectivity index (χ3n) is 3.71. The van der Waals surface area contributed by atoms with Crippen molar-refractivity contribution in [1.82, 2.24) is 0 Å². The molecule has 1 atom stereocenters. The number of rotatable bonds is 6. The van der Waals surface area contributed by atoms with E-state index < -0.39 is 11.9 Å². The lowest BCUT2D eigenvalue weighted by molar-refractivity contribution is -0.246. The smallest absolute Gasteiger partial charge is 0.258 e. The normalized spacial score (nSPS) is 20.6. The second-order valence-corrected chi connectivity index (χ2v) is 4.86. The lowest BCUT2D eigenvalue weighted by atomic mass is 9.95. The van der Waals surface area contributed by atoms with E-state index in [-0.39, 0.29) is 0 Å². The van der Waals surface area contributed by atoms with Crippen LogP contribution in [0, 0.1) is 0 Å². The Morgan fingerprint density at radius 2 is 1.64 bits per heavy atom. The predicted molar refractivity (Wildman–Crippen MR) is 86.2 cm³/mol. The molecule has 0 fully saturated rings. The summed E-state index contributed by atoms with van der Waals surface area (Å²) in [6, 6.07) is 10.1. The number of methoxy groups -OCH3 is 4. The summed E-state index contributed by atoms with van der Waals surface area (Å²) in [4.78, 5) is 0. The van der Waals surface area contributed by atoms with E-state index in [4.69, 9.17) is 18.9 Å². The summed E-state index contributed by atoms with van der Waals surface area (Å²) in [5.41, 5.74) is 2.09. The fraction of sp³-hybridized carbons (Fsp3) is 0.333.